The smallest absolute Gasteiger partial charge is 0.407 e. The van der Waals surface area contributed by atoms with E-state index in [0.717, 1.165) is 43.4 Å². The molecule has 2 aromatic rings. The number of unbranched alkanes of at least 4 members (excludes halogenated alkanes) is 1. The fourth-order valence-electron chi connectivity index (χ4n) is 3.84. The molecule has 2 amide bonds. The van der Waals surface area contributed by atoms with Crippen LogP contribution in [0.15, 0.2) is 36.4 Å². The molecule has 172 valence electrons. The normalized spacial score (nSPS) is 15.3. The zero-order valence-electron chi connectivity index (χ0n) is 18.8. The van der Waals surface area contributed by atoms with Gasteiger partial charge in [0.2, 0.25) is 5.78 Å². The lowest BCUT2D eigenvalue weighted by Crippen LogP contribution is -2.47. The number of carbonyl (C=O) groups is 3. The third-order valence-corrected chi connectivity index (χ3v) is 6.26. The monoisotopic (exact) mass is 440 g/mol. The van der Waals surface area contributed by atoms with Crippen molar-refractivity contribution >= 4 is 23.6 Å². The zero-order chi connectivity index (χ0) is 23.0. The van der Waals surface area contributed by atoms with Crippen molar-refractivity contribution in [2.45, 2.75) is 64.8 Å². The van der Waals surface area contributed by atoms with E-state index in [0.29, 0.717) is 19.4 Å². The molecule has 0 spiro atoms. The molecule has 0 bridgehead atoms. The number of Topliss-reactive ketones (excluding diaryl/α,β-unsaturated/α-hetero) is 1. The van der Waals surface area contributed by atoms with Crippen LogP contribution < -0.4 is 10.6 Å². The summed E-state index contributed by atoms with van der Waals surface area (Å²) < 4.78 is 5.40. The van der Waals surface area contributed by atoms with Gasteiger partial charge >= 0.3 is 6.09 Å². The van der Waals surface area contributed by atoms with Gasteiger partial charge in [-0.05, 0) is 31.2 Å². The molecular formula is C24H32N4O4. The molecule has 0 radical (unpaired) electrons. The highest BCUT2D eigenvalue weighted by molar-refractivity contribution is 6.42. The lowest BCUT2D eigenvalue weighted by molar-refractivity contribution is -0.136. The molecule has 1 fully saturated rings. The average molecular weight is 441 g/mol. The number of aromatic amines is 1. The molecular weight excluding hydrogens is 408 g/mol. The van der Waals surface area contributed by atoms with Crippen molar-refractivity contribution in [1.29, 1.82) is 0 Å². The standard InChI is InChI=1S/C24H32N4O4/c1-3-5-12-18(25-23(31)32-16-24(4-2)13-9-14-24)21(29)22(30)26-20-15-19(27-28-20)17-10-7-6-8-11-17/h6-8,10-11,15,18H,3-5,9,12-14,16H2,1-2H3,(H,25,31)(H2,26,27,28,30)/t18-/m0/s1. The lowest BCUT2D eigenvalue weighted by Gasteiger charge is -2.40. The van der Waals surface area contributed by atoms with Crippen molar-refractivity contribution in [3.63, 3.8) is 0 Å². The van der Waals surface area contributed by atoms with Gasteiger partial charge in [-0.3, -0.25) is 14.7 Å². The minimum atomic E-state index is -0.936. The summed E-state index contributed by atoms with van der Waals surface area (Å²) in [6, 6.07) is 10.2. The fourth-order valence-corrected chi connectivity index (χ4v) is 3.84. The number of alkyl carbamates (subject to hydrolysis) is 1. The molecule has 0 unspecified atom stereocenters. The highest BCUT2D eigenvalue weighted by Gasteiger charge is 2.37. The Morgan fingerprint density at radius 3 is 2.56 bits per heavy atom. The number of anilines is 1. The number of nitrogens with one attached hydrogen (secondary N) is 3. The predicted octanol–water partition coefficient (Wildman–Crippen LogP) is 4.45. The summed E-state index contributed by atoms with van der Waals surface area (Å²) >= 11 is 0. The van der Waals surface area contributed by atoms with Crippen molar-refractivity contribution in [1.82, 2.24) is 15.5 Å². The molecule has 1 aliphatic rings. The quantitative estimate of drug-likeness (QED) is 0.447. The average Bonchev–Trinajstić information content (AvgIpc) is 3.24. The Kier molecular flexibility index (Phi) is 8.03. The third-order valence-electron chi connectivity index (χ3n) is 6.26. The van der Waals surface area contributed by atoms with Gasteiger partial charge in [0.15, 0.2) is 5.82 Å². The largest absolute Gasteiger partial charge is 0.449 e. The highest BCUT2D eigenvalue weighted by Crippen LogP contribution is 2.43. The predicted molar refractivity (Wildman–Crippen MR) is 122 cm³/mol. The van der Waals surface area contributed by atoms with Crippen LogP contribution in [0.1, 0.15) is 58.8 Å². The van der Waals surface area contributed by atoms with Crippen LogP contribution >= 0.6 is 0 Å². The highest BCUT2D eigenvalue weighted by atomic mass is 16.5. The molecule has 1 aliphatic carbocycles. The van der Waals surface area contributed by atoms with Gasteiger partial charge in [0, 0.05) is 11.5 Å². The summed E-state index contributed by atoms with van der Waals surface area (Å²) in [6.45, 7) is 4.42. The first-order valence-electron chi connectivity index (χ1n) is 11.4. The Labute approximate surface area is 188 Å². The van der Waals surface area contributed by atoms with Crippen molar-refractivity contribution < 1.29 is 19.1 Å². The number of rotatable bonds is 11. The van der Waals surface area contributed by atoms with Crippen molar-refractivity contribution in [2.75, 3.05) is 11.9 Å². The number of ether oxygens (including phenoxy) is 1. The van der Waals surface area contributed by atoms with E-state index in [4.69, 9.17) is 4.74 Å². The summed E-state index contributed by atoms with van der Waals surface area (Å²) in [6.07, 6.45) is 5.44. The second-order valence-electron chi connectivity index (χ2n) is 8.47. The van der Waals surface area contributed by atoms with Crippen LogP contribution in [0.2, 0.25) is 0 Å². The molecule has 1 aromatic heterocycles. The number of H-pyrrole nitrogens is 1. The topological polar surface area (TPSA) is 113 Å². The molecule has 8 nitrogen and oxygen atoms in total. The number of hydrogen-bond acceptors (Lipinski definition) is 5. The van der Waals surface area contributed by atoms with E-state index in [1.807, 2.05) is 37.3 Å². The van der Waals surface area contributed by atoms with E-state index < -0.39 is 23.8 Å². The number of benzene rings is 1. The van der Waals surface area contributed by atoms with Crippen LogP contribution in [0.4, 0.5) is 10.6 Å². The van der Waals surface area contributed by atoms with Crippen molar-refractivity contribution in [3.05, 3.63) is 36.4 Å². The van der Waals surface area contributed by atoms with Crippen LogP contribution in [0, 0.1) is 5.41 Å². The molecule has 32 heavy (non-hydrogen) atoms. The Balaban J connectivity index is 1.57. The van der Waals surface area contributed by atoms with Crippen LogP contribution in [-0.4, -0.2) is 40.6 Å². The summed E-state index contributed by atoms with van der Waals surface area (Å²) in [5.41, 5.74) is 1.69. The van der Waals surface area contributed by atoms with E-state index in [1.54, 1.807) is 6.07 Å². The number of aromatic nitrogens is 2. The van der Waals surface area contributed by atoms with E-state index in [9.17, 15) is 14.4 Å². The van der Waals surface area contributed by atoms with Gasteiger partial charge < -0.3 is 15.4 Å². The second-order valence-corrected chi connectivity index (χ2v) is 8.47. The van der Waals surface area contributed by atoms with Crippen LogP contribution in [0.5, 0.6) is 0 Å². The first-order chi connectivity index (χ1) is 15.5. The number of nitrogens with zero attached hydrogens (tertiary/aromatic N) is 1. The van der Waals surface area contributed by atoms with E-state index in [-0.39, 0.29) is 11.2 Å². The van der Waals surface area contributed by atoms with Crippen LogP contribution in [0.3, 0.4) is 0 Å². The van der Waals surface area contributed by atoms with Crippen molar-refractivity contribution in [3.8, 4) is 11.3 Å². The minimum absolute atomic E-state index is 0.0635. The van der Waals surface area contributed by atoms with Gasteiger partial charge in [-0.2, -0.15) is 5.10 Å². The third kappa shape index (κ3) is 5.96. The van der Waals surface area contributed by atoms with E-state index >= 15 is 0 Å². The first-order valence-corrected chi connectivity index (χ1v) is 11.4. The molecule has 0 saturated heterocycles. The minimum Gasteiger partial charge on any atom is -0.449 e. The van der Waals surface area contributed by atoms with E-state index in [1.165, 1.54) is 0 Å². The van der Waals surface area contributed by atoms with E-state index in [2.05, 4.69) is 27.8 Å². The summed E-state index contributed by atoms with van der Waals surface area (Å²) in [5, 5.41) is 12.0. The maximum absolute atomic E-state index is 12.8. The van der Waals surface area contributed by atoms with Gasteiger partial charge in [0.1, 0.15) is 6.04 Å². The lowest BCUT2D eigenvalue weighted by atomic mass is 9.68. The maximum atomic E-state index is 12.8. The van der Waals surface area contributed by atoms with Gasteiger partial charge in [-0.15, -0.1) is 0 Å². The number of carbonyl (C=O) groups excluding carboxylic acids is 3. The van der Waals surface area contributed by atoms with Gasteiger partial charge in [0.05, 0.1) is 12.3 Å². The van der Waals surface area contributed by atoms with Crippen molar-refractivity contribution in [2.24, 2.45) is 5.41 Å². The molecule has 1 atom stereocenters. The number of amides is 2. The molecule has 1 aromatic carbocycles. The molecule has 8 heteroatoms. The molecule has 0 aliphatic heterocycles. The SMILES string of the molecule is CCCC[C@H](NC(=O)OCC1(CC)CCC1)C(=O)C(=O)Nc1cc(-c2ccccc2)[nH]n1. The molecule has 3 N–H and O–H groups in total. The first kappa shape index (κ1) is 23.5. The Hall–Kier alpha value is -3.16. The van der Waals surface area contributed by atoms with Gasteiger partial charge in [0.25, 0.3) is 5.91 Å². The van der Waals surface area contributed by atoms with Crippen LogP contribution in [-0.2, 0) is 14.3 Å². The maximum Gasteiger partial charge on any atom is 0.407 e. The Morgan fingerprint density at radius 2 is 1.94 bits per heavy atom. The Morgan fingerprint density at radius 1 is 1.19 bits per heavy atom. The van der Waals surface area contributed by atoms with Crippen LogP contribution in [0.25, 0.3) is 11.3 Å². The molecule has 1 saturated carbocycles. The van der Waals surface area contributed by atoms with Gasteiger partial charge in [-0.25, -0.2) is 4.79 Å². The molecule has 3 rings (SSSR count). The summed E-state index contributed by atoms with van der Waals surface area (Å²) in [5.74, 6) is -1.29. The zero-order valence-corrected chi connectivity index (χ0v) is 18.8. The van der Waals surface area contributed by atoms with Gasteiger partial charge in [-0.1, -0.05) is 63.4 Å². The number of hydrogen-bond donors (Lipinski definition) is 3. The molecule has 1 heterocycles. The Bertz CT molecular complexity index is 916. The number of ketones is 1. The summed E-state index contributed by atoms with van der Waals surface area (Å²) in [4.78, 5) is 37.7. The second kappa shape index (κ2) is 10.9. The summed E-state index contributed by atoms with van der Waals surface area (Å²) in [7, 11) is 0. The fraction of sp³-hybridized carbons (Fsp3) is 0.500.